The maximum absolute atomic E-state index is 13.9. The molecule has 0 amide bonds. The molecular weight excluding hydrogens is 464 g/mol. The third-order valence-electron chi connectivity index (χ3n) is 9.68. The Morgan fingerprint density at radius 1 is 0.784 bits per heavy atom. The first-order valence-electron chi connectivity index (χ1n) is 14.9. The molecule has 1 aliphatic carbocycles. The van der Waals surface area contributed by atoms with Gasteiger partial charge in [0.15, 0.2) is 5.82 Å². The smallest absolute Gasteiger partial charge is 0.310 e. The quantitative estimate of drug-likeness (QED) is 0.601. The molecule has 0 radical (unpaired) electrons. The number of carbonyl (C=O) groups is 1. The molecule has 2 aromatic rings. The van der Waals surface area contributed by atoms with Crippen molar-refractivity contribution in [1.82, 2.24) is 14.5 Å². The lowest BCUT2D eigenvalue weighted by Gasteiger charge is -2.53. The molecule has 6 rings (SSSR count). The Bertz CT molecular complexity index is 1150. The zero-order valence-electron chi connectivity index (χ0n) is 22.1. The Morgan fingerprint density at radius 3 is 2.03 bits per heavy atom. The predicted molar refractivity (Wildman–Crippen MR) is 146 cm³/mol. The Balaban J connectivity index is 1.29. The van der Waals surface area contributed by atoms with Crippen LogP contribution in [0, 0.1) is 5.92 Å². The molecule has 200 valence electrons. The summed E-state index contributed by atoms with van der Waals surface area (Å²) in [6.07, 6.45) is 18.2. The predicted octanol–water partition coefficient (Wildman–Crippen LogP) is 5.37. The van der Waals surface area contributed by atoms with Gasteiger partial charge in [0.05, 0.1) is 17.0 Å². The average Bonchev–Trinajstić information content (AvgIpc) is 2.86. The molecule has 2 bridgehead atoms. The standard InChI is InChI=1S/C30H42N4O3/c35-29-28(32-19-21(20-32)30(36)37)31-26-15-8-9-16-27(26)34(29)25-17-23-13-10-14-24(18-25)33(23)22-11-6-4-2-1-3-5-7-12-22/h8-9,15-16,21-25H,1-7,10-14,17-20H2,(H,36,37)/t23-,24+,25+. The van der Waals surface area contributed by atoms with Crippen LogP contribution in [0.4, 0.5) is 5.82 Å². The molecule has 3 atom stereocenters. The first kappa shape index (κ1) is 24.9. The summed E-state index contributed by atoms with van der Waals surface area (Å²) in [5.74, 6) is -0.782. The van der Waals surface area contributed by atoms with Gasteiger partial charge in [-0.2, -0.15) is 0 Å². The molecule has 37 heavy (non-hydrogen) atoms. The fourth-order valence-electron chi connectivity index (χ4n) is 7.80. The van der Waals surface area contributed by atoms with E-state index in [4.69, 9.17) is 4.98 Å². The van der Waals surface area contributed by atoms with Gasteiger partial charge in [-0.1, -0.05) is 63.5 Å². The summed E-state index contributed by atoms with van der Waals surface area (Å²) in [5.41, 5.74) is 1.70. The van der Waals surface area contributed by atoms with Crippen LogP contribution in [0.2, 0.25) is 0 Å². The molecule has 1 aromatic carbocycles. The number of nitrogens with zero attached hydrogens (tertiary/aromatic N) is 4. The SMILES string of the molecule is O=C(O)C1CN(c2nc3ccccc3n([C@H]3C[C@H]4CCC[C@@H](C3)N4C3CCCCCCCCC3)c2=O)C1. The molecule has 0 spiro atoms. The molecule has 1 aromatic heterocycles. The van der Waals surface area contributed by atoms with Gasteiger partial charge in [0, 0.05) is 37.3 Å². The summed E-state index contributed by atoms with van der Waals surface area (Å²) in [6.45, 7) is 0.725. The number of carboxylic acid groups (broad SMARTS) is 1. The molecule has 1 N–H and O–H groups in total. The van der Waals surface area contributed by atoms with E-state index >= 15 is 0 Å². The maximum Gasteiger partial charge on any atom is 0.310 e. The van der Waals surface area contributed by atoms with E-state index in [-0.39, 0.29) is 11.6 Å². The Kier molecular flexibility index (Phi) is 7.24. The zero-order valence-corrected chi connectivity index (χ0v) is 22.1. The number of benzene rings is 1. The molecular formula is C30H42N4O3. The maximum atomic E-state index is 13.9. The second kappa shape index (κ2) is 10.8. The van der Waals surface area contributed by atoms with E-state index in [1.54, 1.807) is 0 Å². The third-order valence-corrected chi connectivity index (χ3v) is 9.68. The lowest BCUT2D eigenvalue weighted by atomic mass is 9.79. The van der Waals surface area contributed by atoms with Crippen molar-refractivity contribution in [2.24, 2.45) is 5.92 Å². The first-order chi connectivity index (χ1) is 18.1. The number of aliphatic carboxylic acids is 1. The van der Waals surface area contributed by atoms with Gasteiger partial charge in [-0.25, -0.2) is 4.98 Å². The van der Waals surface area contributed by atoms with Crippen molar-refractivity contribution in [3.63, 3.8) is 0 Å². The molecule has 1 saturated carbocycles. The molecule has 3 saturated heterocycles. The van der Waals surface area contributed by atoms with E-state index in [9.17, 15) is 14.7 Å². The van der Waals surface area contributed by atoms with E-state index in [0.717, 1.165) is 23.9 Å². The van der Waals surface area contributed by atoms with Gasteiger partial charge in [-0.15, -0.1) is 0 Å². The summed E-state index contributed by atoms with van der Waals surface area (Å²) < 4.78 is 2.04. The Labute approximate surface area is 219 Å². The van der Waals surface area contributed by atoms with Gasteiger partial charge < -0.3 is 14.6 Å². The Morgan fingerprint density at radius 2 is 1.38 bits per heavy atom. The molecule has 0 unspecified atom stereocenters. The second-order valence-electron chi connectivity index (χ2n) is 12.1. The normalized spacial score (nSPS) is 28.6. The van der Waals surface area contributed by atoms with Crippen molar-refractivity contribution in [3.8, 4) is 0 Å². The van der Waals surface area contributed by atoms with Crippen molar-refractivity contribution in [1.29, 1.82) is 0 Å². The summed E-state index contributed by atoms with van der Waals surface area (Å²) in [7, 11) is 0. The summed E-state index contributed by atoms with van der Waals surface area (Å²) in [6, 6.07) is 9.96. The highest BCUT2D eigenvalue weighted by Gasteiger charge is 2.43. The number of piperidine rings is 2. The van der Waals surface area contributed by atoms with Crippen molar-refractivity contribution < 1.29 is 9.90 Å². The van der Waals surface area contributed by atoms with Gasteiger partial charge in [0.2, 0.25) is 0 Å². The highest BCUT2D eigenvalue weighted by molar-refractivity contribution is 5.78. The van der Waals surface area contributed by atoms with Gasteiger partial charge in [0.1, 0.15) is 0 Å². The van der Waals surface area contributed by atoms with E-state index in [1.165, 1.54) is 77.0 Å². The summed E-state index contributed by atoms with van der Waals surface area (Å²) >= 11 is 0. The van der Waals surface area contributed by atoms with Crippen molar-refractivity contribution in [3.05, 3.63) is 34.6 Å². The summed E-state index contributed by atoms with van der Waals surface area (Å²) in [5, 5.41) is 9.35. The van der Waals surface area contributed by atoms with Crippen LogP contribution in [0.3, 0.4) is 0 Å². The van der Waals surface area contributed by atoms with Crippen LogP contribution in [-0.2, 0) is 4.79 Å². The first-order valence-corrected chi connectivity index (χ1v) is 14.9. The number of fused-ring (bicyclic) bond motifs is 3. The fourth-order valence-corrected chi connectivity index (χ4v) is 7.80. The van der Waals surface area contributed by atoms with Crippen LogP contribution in [0.15, 0.2) is 29.1 Å². The van der Waals surface area contributed by atoms with Crippen LogP contribution >= 0.6 is 0 Å². The Hall–Kier alpha value is -2.41. The van der Waals surface area contributed by atoms with Gasteiger partial charge >= 0.3 is 5.97 Å². The highest BCUT2D eigenvalue weighted by atomic mass is 16.4. The van der Waals surface area contributed by atoms with Crippen molar-refractivity contribution in [2.75, 3.05) is 18.0 Å². The molecule has 7 nitrogen and oxygen atoms in total. The number of para-hydroxylation sites is 2. The number of aromatic nitrogens is 2. The van der Waals surface area contributed by atoms with Crippen molar-refractivity contribution in [2.45, 2.75) is 114 Å². The van der Waals surface area contributed by atoms with E-state index in [0.29, 0.717) is 37.0 Å². The van der Waals surface area contributed by atoms with Crippen LogP contribution in [0.1, 0.15) is 95.9 Å². The van der Waals surface area contributed by atoms with Crippen molar-refractivity contribution >= 4 is 22.8 Å². The number of carboxylic acids is 1. The molecule has 4 heterocycles. The topological polar surface area (TPSA) is 78.7 Å². The third kappa shape index (κ3) is 4.91. The monoisotopic (exact) mass is 506 g/mol. The zero-order chi connectivity index (χ0) is 25.4. The summed E-state index contributed by atoms with van der Waals surface area (Å²) in [4.78, 5) is 34.8. The highest BCUT2D eigenvalue weighted by Crippen LogP contribution is 2.42. The van der Waals surface area contributed by atoms with Crippen LogP contribution in [-0.4, -0.2) is 56.7 Å². The van der Waals surface area contributed by atoms with E-state index in [2.05, 4.69) is 4.90 Å². The number of hydrogen-bond acceptors (Lipinski definition) is 5. The lowest BCUT2D eigenvalue weighted by Crippen LogP contribution is -2.57. The van der Waals surface area contributed by atoms with Gasteiger partial charge in [-0.3, -0.25) is 14.5 Å². The van der Waals surface area contributed by atoms with Gasteiger partial charge in [0.25, 0.3) is 5.56 Å². The lowest BCUT2D eigenvalue weighted by molar-refractivity contribution is -0.142. The average molecular weight is 507 g/mol. The van der Waals surface area contributed by atoms with Crippen LogP contribution < -0.4 is 10.5 Å². The van der Waals surface area contributed by atoms with Gasteiger partial charge in [-0.05, 0) is 50.7 Å². The van der Waals surface area contributed by atoms with E-state index in [1.807, 2.05) is 33.7 Å². The molecule has 4 fully saturated rings. The number of hydrogen-bond donors (Lipinski definition) is 1. The second-order valence-corrected chi connectivity index (χ2v) is 12.1. The molecule has 3 aliphatic heterocycles. The molecule has 4 aliphatic rings. The number of anilines is 1. The number of rotatable bonds is 4. The fraction of sp³-hybridized carbons (Fsp3) is 0.700. The van der Waals surface area contributed by atoms with E-state index < -0.39 is 11.9 Å². The van der Waals surface area contributed by atoms with Crippen LogP contribution in [0.25, 0.3) is 11.0 Å². The minimum atomic E-state index is -0.793. The largest absolute Gasteiger partial charge is 0.481 e. The van der Waals surface area contributed by atoms with Crippen LogP contribution in [0.5, 0.6) is 0 Å². The minimum Gasteiger partial charge on any atom is -0.481 e. The minimum absolute atomic E-state index is 0.0437. The molecule has 7 heteroatoms.